The number of likely N-dealkylation sites (N-methyl/N-ethyl adjacent to an activating group) is 1. The maximum Gasteiger partial charge on any atom is 0.341 e. The Hall–Kier alpha value is -3.78. The maximum atomic E-state index is 12.5. The summed E-state index contributed by atoms with van der Waals surface area (Å²) in [5.74, 6) is 0.132. The highest BCUT2D eigenvalue weighted by Crippen LogP contribution is 2.45. The summed E-state index contributed by atoms with van der Waals surface area (Å²) >= 11 is 14.9. The van der Waals surface area contributed by atoms with Gasteiger partial charge >= 0.3 is 5.97 Å². The molecule has 39 heavy (non-hydrogen) atoms. The number of benzene rings is 3. The van der Waals surface area contributed by atoms with E-state index in [1.807, 2.05) is 6.07 Å². The van der Waals surface area contributed by atoms with Crippen LogP contribution in [0.5, 0.6) is 17.2 Å². The molecule has 1 heterocycles. The number of anilines is 1. The molecule has 1 N–H and O–H groups in total. The molecule has 0 radical (unpaired) electrons. The molecule has 0 saturated heterocycles. The van der Waals surface area contributed by atoms with E-state index in [1.165, 1.54) is 12.1 Å². The SMILES string of the molecule is COc1cc2c(c(Br)c1OC)N(C)C(=O)CN=C2c1cccc(C#N)c1.O=C(O)COc1ccc(Cl)cc1Cl. The Morgan fingerprint density at radius 3 is 2.51 bits per heavy atom. The number of hydrogen-bond donors (Lipinski definition) is 1. The van der Waals surface area contributed by atoms with Crippen LogP contribution in [0.1, 0.15) is 16.7 Å². The minimum absolute atomic E-state index is 0.00830. The van der Waals surface area contributed by atoms with E-state index >= 15 is 0 Å². The Balaban J connectivity index is 0.000000272. The molecule has 4 rings (SSSR count). The zero-order valence-electron chi connectivity index (χ0n) is 21.0. The van der Waals surface area contributed by atoms with Crippen molar-refractivity contribution >= 4 is 62.4 Å². The van der Waals surface area contributed by atoms with Gasteiger partial charge in [-0.15, -0.1) is 0 Å². The predicted molar refractivity (Wildman–Crippen MR) is 152 cm³/mol. The number of hydrogen-bond acceptors (Lipinski definition) is 7. The number of carboxylic acid groups (broad SMARTS) is 1. The lowest BCUT2D eigenvalue weighted by Gasteiger charge is -2.23. The number of nitriles is 1. The maximum absolute atomic E-state index is 12.5. The van der Waals surface area contributed by atoms with Crippen molar-refractivity contribution in [2.24, 2.45) is 4.99 Å². The minimum Gasteiger partial charge on any atom is -0.493 e. The molecule has 0 unspecified atom stereocenters. The molecule has 0 bridgehead atoms. The van der Waals surface area contributed by atoms with Crippen LogP contribution in [0.2, 0.25) is 10.0 Å². The van der Waals surface area contributed by atoms with Gasteiger partial charge in [0.25, 0.3) is 0 Å². The summed E-state index contributed by atoms with van der Waals surface area (Å²) in [6.45, 7) is -0.407. The lowest BCUT2D eigenvalue weighted by molar-refractivity contribution is -0.139. The topological polar surface area (TPSA) is 121 Å². The summed E-state index contributed by atoms with van der Waals surface area (Å²) in [7, 11) is 4.79. The van der Waals surface area contributed by atoms with Crippen LogP contribution < -0.4 is 19.1 Å². The van der Waals surface area contributed by atoms with Crippen molar-refractivity contribution in [2.45, 2.75) is 0 Å². The Bertz CT molecular complexity index is 1490. The van der Waals surface area contributed by atoms with Crippen LogP contribution in [0.15, 0.2) is 58.0 Å². The largest absolute Gasteiger partial charge is 0.493 e. The van der Waals surface area contributed by atoms with E-state index in [-0.39, 0.29) is 12.5 Å². The second-order valence-corrected chi connectivity index (χ2v) is 9.53. The molecular formula is C27H22BrCl2N3O6. The van der Waals surface area contributed by atoms with Crippen molar-refractivity contribution < 1.29 is 28.9 Å². The van der Waals surface area contributed by atoms with E-state index in [2.05, 4.69) is 27.0 Å². The molecule has 1 aliphatic heterocycles. The quantitative estimate of drug-likeness (QED) is 0.374. The average Bonchev–Trinajstić information content (AvgIpc) is 3.04. The van der Waals surface area contributed by atoms with Gasteiger partial charge in [-0.2, -0.15) is 5.26 Å². The number of ether oxygens (including phenoxy) is 3. The molecule has 0 spiro atoms. The number of amides is 1. The lowest BCUT2D eigenvalue weighted by atomic mass is 9.98. The molecule has 0 atom stereocenters. The van der Waals surface area contributed by atoms with Gasteiger partial charge < -0.3 is 24.2 Å². The van der Waals surface area contributed by atoms with Gasteiger partial charge in [0.1, 0.15) is 12.3 Å². The van der Waals surface area contributed by atoms with E-state index in [4.69, 9.17) is 42.5 Å². The number of nitrogens with zero attached hydrogens (tertiary/aromatic N) is 3. The number of aliphatic carboxylic acids is 1. The normalized spacial score (nSPS) is 12.2. The molecule has 202 valence electrons. The van der Waals surface area contributed by atoms with Crippen LogP contribution in [0, 0.1) is 11.3 Å². The number of carbonyl (C=O) groups is 2. The highest BCUT2D eigenvalue weighted by molar-refractivity contribution is 9.10. The zero-order valence-corrected chi connectivity index (χ0v) is 24.1. The van der Waals surface area contributed by atoms with Crippen molar-refractivity contribution in [3.05, 3.63) is 79.7 Å². The molecular weight excluding hydrogens is 613 g/mol. The van der Waals surface area contributed by atoms with Crippen molar-refractivity contribution in [2.75, 3.05) is 39.3 Å². The molecule has 1 aliphatic rings. The van der Waals surface area contributed by atoms with Gasteiger partial charge in [0.15, 0.2) is 18.1 Å². The van der Waals surface area contributed by atoms with E-state index in [9.17, 15) is 14.9 Å². The lowest BCUT2D eigenvalue weighted by Crippen LogP contribution is -2.28. The number of carboxylic acids is 1. The molecule has 0 fully saturated rings. The number of halogens is 3. The fraction of sp³-hybridized carbons (Fsp3) is 0.185. The van der Waals surface area contributed by atoms with Crippen LogP contribution in [-0.4, -0.2) is 57.1 Å². The monoisotopic (exact) mass is 633 g/mol. The average molecular weight is 635 g/mol. The fourth-order valence-electron chi connectivity index (χ4n) is 3.63. The summed E-state index contributed by atoms with van der Waals surface area (Å²) < 4.78 is 16.4. The summed E-state index contributed by atoms with van der Waals surface area (Å²) in [6.07, 6.45) is 0. The third kappa shape index (κ3) is 7.00. The fourth-order valence-corrected chi connectivity index (χ4v) is 4.93. The summed E-state index contributed by atoms with van der Waals surface area (Å²) in [5.41, 5.74) is 3.27. The third-order valence-corrected chi connectivity index (χ3v) is 6.70. The zero-order chi connectivity index (χ0) is 28.7. The van der Waals surface area contributed by atoms with Gasteiger partial charge in [0.2, 0.25) is 5.91 Å². The van der Waals surface area contributed by atoms with E-state index in [0.717, 1.165) is 11.1 Å². The van der Waals surface area contributed by atoms with Crippen LogP contribution in [0.25, 0.3) is 0 Å². The van der Waals surface area contributed by atoms with Gasteiger partial charge in [-0.1, -0.05) is 35.3 Å². The van der Waals surface area contributed by atoms with Crippen molar-refractivity contribution in [1.82, 2.24) is 0 Å². The Kier molecular flexibility index (Phi) is 10.2. The predicted octanol–water partition coefficient (Wildman–Crippen LogP) is 5.61. The van der Waals surface area contributed by atoms with Crippen molar-refractivity contribution in [1.29, 1.82) is 5.26 Å². The molecule has 3 aromatic rings. The Labute approximate surface area is 243 Å². The molecule has 12 heteroatoms. The number of carbonyl (C=O) groups excluding carboxylic acids is 1. The van der Waals surface area contributed by atoms with Crippen molar-refractivity contribution in [3.63, 3.8) is 0 Å². The highest BCUT2D eigenvalue weighted by atomic mass is 79.9. The first-order valence-electron chi connectivity index (χ1n) is 11.2. The number of aliphatic imine (C=N–C) groups is 1. The summed E-state index contributed by atoms with van der Waals surface area (Å²) in [4.78, 5) is 28.7. The molecule has 9 nitrogen and oxygen atoms in total. The Morgan fingerprint density at radius 1 is 1.15 bits per heavy atom. The molecule has 0 aliphatic carbocycles. The first-order chi connectivity index (χ1) is 18.6. The molecule has 0 aromatic heterocycles. The van der Waals surface area contributed by atoms with Gasteiger partial charge in [-0.25, -0.2) is 4.79 Å². The minimum atomic E-state index is -1.05. The first kappa shape index (κ1) is 29.8. The van der Waals surface area contributed by atoms with Crippen LogP contribution in [0.3, 0.4) is 0 Å². The van der Waals surface area contributed by atoms with Gasteiger partial charge in [0, 0.05) is 23.2 Å². The van der Waals surface area contributed by atoms with Crippen LogP contribution in [-0.2, 0) is 9.59 Å². The standard InChI is InChI=1S/C19H16BrN3O3.C8H6Cl2O3/c1-23-15(24)10-22-17(12-6-4-5-11(7-12)9-21)13-8-14(25-2)19(26-3)16(20)18(13)23;9-5-1-2-7(6(10)3-5)13-4-8(11)12/h4-8H,10H2,1-3H3;1-3H,4H2,(H,11,12). The van der Waals surface area contributed by atoms with Crippen molar-refractivity contribution in [3.8, 4) is 23.3 Å². The Morgan fingerprint density at radius 2 is 1.90 bits per heavy atom. The smallest absolute Gasteiger partial charge is 0.341 e. The van der Waals surface area contributed by atoms with E-state index in [1.54, 1.807) is 56.5 Å². The van der Waals surface area contributed by atoms with Gasteiger partial charge in [0.05, 0.1) is 46.7 Å². The second-order valence-electron chi connectivity index (χ2n) is 7.89. The van der Waals surface area contributed by atoms with E-state index in [0.29, 0.717) is 48.7 Å². The number of methoxy groups -OCH3 is 2. The number of rotatable bonds is 6. The summed E-state index contributed by atoms with van der Waals surface area (Å²) in [6, 6.07) is 15.6. The van der Waals surface area contributed by atoms with Gasteiger partial charge in [-0.05, 0) is 52.3 Å². The molecule has 1 amide bonds. The third-order valence-electron chi connectivity index (χ3n) is 5.43. The van der Waals surface area contributed by atoms with Crippen LogP contribution in [0.4, 0.5) is 5.69 Å². The molecule has 0 saturated carbocycles. The highest BCUT2D eigenvalue weighted by Gasteiger charge is 2.29. The van der Waals surface area contributed by atoms with Crippen LogP contribution >= 0.6 is 39.1 Å². The number of benzodiazepines with no additional fused rings is 1. The first-order valence-corrected chi connectivity index (χ1v) is 12.7. The second kappa shape index (κ2) is 13.3. The summed E-state index contributed by atoms with van der Waals surface area (Å²) in [5, 5.41) is 18.3. The van der Waals surface area contributed by atoms with E-state index < -0.39 is 12.6 Å². The van der Waals surface area contributed by atoms with Gasteiger partial charge in [-0.3, -0.25) is 9.79 Å². The molecule has 3 aromatic carbocycles. The number of fused-ring (bicyclic) bond motifs is 1.